The predicted molar refractivity (Wildman–Crippen MR) is 75.8 cm³/mol. The van der Waals surface area contributed by atoms with E-state index in [0.717, 1.165) is 6.07 Å². The van der Waals surface area contributed by atoms with Crippen molar-refractivity contribution < 1.29 is 28.6 Å². The first-order valence-electron chi connectivity index (χ1n) is 6.92. The molecule has 0 aliphatic carbocycles. The van der Waals surface area contributed by atoms with Gasteiger partial charge in [-0.15, -0.1) is 0 Å². The zero-order valence-corrected chi connectivity index (χ0v) is 12.5. The van der Waals surface area contributed by atoms with Gasteiger partial charge in [-0.25, -0.2) is 4.39 Å². The van der Waals surface area contributed by atoms with Gasteiger partial charge in [0.15, 0.2) is 11.5 Å². The largest absolute Gasteiger partial charge is 0.493 e. The topological polar surface area (TPSA) is 76.1 Å². The van der Waals surface area contributed by atoms with Gasteiger partial charge in [-0.3, -0.25) is 9.59 Å². The Morgan fingerprint density at radius 1 is 1.32 bits per heavy atom. The number of hydrogen-bond acceptors (Lipinski definition) is 4. The molecular formula is C15H18FNO5. The Balaban J connectivity index is 2.30. The molecule has 7 heteroatoms. The fraction of sp³-hybridized carbons (Fsp3) is 0.467. The molecule has 1 aromatic carbocycles. The summed E-state index contributed by atoms with van der Waals surface area (Å²) in [7, 11) is 2.77. The van der Waals surface area contributed by atoms with Crippen LogP contribution in [-0.4, -0.2) is 48.7 Å². The molecule has 1 heterocycles. The standard InChI is InChI=1S/C15H18FNO5/c1-21-12-7-10(11(16)8-13(12)22-2)15(20)17-5-3-4-9(17)6-14(18)19/h7-9H,3-6H2,1-2H3,(H,18,19). The van der Waals surface area contributed by atoms with Crippen LogP contribution in [0.2, 0.25) is 0 Å². The molecule has 0 bridgehead atoms. The third kappa shape index (κ3) is 3.13. The van der Waals surface area contributed by atoms with Gasteiger partial charge in [0, 0.05) is 18.7 Å². The van der Waals surface area contributed by atoms with E-state index in [1.54, 1.807) is 0 Å². The molecule has 0 radical (unpaired) electrons. The summed E-state index contributed by atoms with van der Waals surface area (Å²) in [4.78, 5) is 24.8. The van der Waals surface area contributed by atoms with E-state index >= 15 is 0 Å². The number of aliphatic carboxylic acids is 1. The van der Waals surface area contributed by atoms with Gasteiger partial charge in [0.25, 0.3) is 5.91 Å². The van der Waals surface area contributed by atoms with E-state index in [1.165, 1.54) is 25.2 Å². The predicted octanol–water partition coefficient (Wildman–Crippen LogP) is 1.92. The molecule has 1 unspecified atom stereocenters. The van der Waals surface area contributed by atoms with Crippen LogP contribution in [0, 0.1) is 5.82 Å². The second-order valence-corrected chi connectivity index (χ2v) is 5.08. The molecule has 2 rings (SSSR count). The maximum atomic E-state index is 14.1. The lowest BCUT2D eigenvalue weighted by molar-refractivity contribution is -0.137. The van der Waals surface area contributed by atoms with Crippen molar-refractivity contribution >= 4 is 11.9 Å². The molecule has 1 saturated heterocycles. The molecule has 1 N–H and O–H groups in total. The van der Waals surface area contributed by atoms with Crippen LogP contribution in [0.5, 0.6) is 11.5 Å². The van der Waals surface area contributed by atoms with E-state index in [4.69, 9.17) is 14.6 Å². The summed E-state index contributed by atoms with van der Waals surface area (Å²) in [6.07, 6.45) is 1.17. The summed E-state index contributed by atoms with van der Waals surface area (Å²) < 4.78 is 24.2. The van der Waals surface area contributed by atoms with Crippen LogP contribution in [0.25, 0.3) is 0 Å². The van der Waals surface area contributed by atoms with Crippen LogP contribution < -0.4 is 9.47 Å². The molecule has 1 aromatic rings. The quantitative estimate of drug-likeness (QED) is 0.899. The van der Waals surface area contributed by atoms with Crippen LogP contribution in [0.4, 0.5) is 4.39 Å². The first kappa shape index (κ1) is 16.1. The zero-order valence-electron chi connectivity index (χ0n) is 12.5. The summed E-state index contributed by atoms with van der Waals surface area (Å²) >= 11 is 0. The SMILES string of the molecule is COc1cc(F)c(C(=O)N2CCCC2CC(=O)O)cc1OC. The molecule has 0 aromatic heterocycles. The summed E-state index contributed by atoms with van der Waals surface area (Å²) in [6.45, 7) is 0.421. The lowest BCUT2D eigenvalue weighted by atomic mass is 10.1. The molecule has 1 aliphatic heterocycles. The maximum absolute atomic E-state index is 14.1. The lowest BCUT2D eigenvalue weighted by Crippen LogP contribution is -2.37. The number of ether oxygens (including phenoxy) is 2. The Hall–Kier alpha value is -2.31. The molecule has 6 nitrogen and oxygen atoms in total. The van der Waals surface area contributed by atoms with Crippen LogP contribution in [0.1, 0.15) is 29.6 Å². The molecule has 22 heavy (non-hydrogen) atoms. The molecule has 0 saturated carbocycles. The van der Waals surface area contributed by atoms with Crippen molar-refractivity contribution in [1.29, 1.82) is 0 Å². The average molecular weight is 311 g/mol. The fourth-order valence-electron chi connectivity index (χ4n) is 2.69. The van der Waals surface area contributed by atoms with Gasteiger partial charge < -0.3 is 19.5 Å². The number of nitrogens with zero attached hydrogens (tertiary/aromatic N) is 1. The number of rotatable bonds is 5. The van der Waals surface area contributed by atoms with E-state index in [1.807, 2.05) is 0 Å². The van der Waals surface area contributed by atoms with E-state index in [2.05, 4.69) is 0 Å². The van der Waals surface area contributed by atoms with Gasteiger partial charge >= 0.3 is 5.97 Å². The van der Waals surface area contributed by atoms with Gasteiger partial charge in [-0.05, 0) is 18.9 Å². The van der Waals surface area contributed by atoms with E-state index in [9.17, 15) is 14.0 Å². The number of methoxy groups -OCH3 is 2. The van der Waals surface area contributed by atoms with Crippen LogP contribution in [-0.2, 0) is 4.79 Å². The van der Waals surface area contributed by atoms with Gasteiger partial charge in [-0.2, -0.15) is 0 Å². The van der Waals surface area contributed by atoms with Crippen molar-refractivity contribution in [3.05, 3.63) is 23.5 Å². The second-order valence-electron chi connectivity index (χ2n) is 5.08. The zero-order chi connectivity index (χ0) is 16.3. The summed E-state index contributed by atoms with van der Waals surface area (Å²) in [5.74, 6) is -1.77. The molecule has 1 fully saturated rings. The average Bonchev–Trinajstić information content (AvgIpc) is 2.93. The summed E-state index contributed by atoms with van der Waals surface area (Å²) in [5, 5.41) is 8.90. The van der Waals surface area contributed by atoms with Gasteiger partial charge in [0.2, 0.25) is 0 Å². The number of carboxylic acid groups (broad SMARTS) is 1. The normalized spacial score (nSPS) is 17.4. The number of benzene rings is 1. The molecule has 1 amide bonds. The first-order chi connectivity index (χ1) is 10.5. The van der Waals surface area contributed by atoms with Gasteiger partial charge in [0.1, 0.15) is 5.82 Å². The lowest BCUT2D eigenvalue weighted by Gasteiger charge is -2.24. The Bertz CT molecular complexity index is 590. The molecule has 0 spiro atoms. The molecular weight excluding hydrogens is 293 g/mol. The van der Waals surface area contributed by atoms with Crippen molar-refractivity contribution in [2.75, 3.05) is 20.8 Å². The van der Waals surface area contributed by atoms with E-state index in [0.29, 0.717) is 19.4 Å². The highest BCUT2D eigenvalue weighted by Gasteiger charge is 2.32. The monoisotopic (exact) mass is 311 g/mol. The smallest absolute Gasteiger partial charge is 0.305 e. The Labute approximate surface area is 127 Å². The molecule has 1 aliphatic rings. The minimum atomic E-state index is -0.975. The number of carbonyl (C=O) groups excluding carboxylic acids is 1. The number of halogens is 1. The highest BCUT2D eigenvalue weighted by atomic mass is 19.1. The van der Waals surface area contributed by atoms with E-state index in [-0.39, 0.29) is 23.5 Å². The Morgan fingerprint density at radius 3 is 2.55 bits per heavy atom. The third-order valence-electron chi connectivity index (χ3n) is 3.75. The minimum absolute atomic E-state index is 0.138. The number of likely N-dealkylation sites (tertiary alicyclic amines) is 1. The number of amides is 1. The minimum Gasteiger partial charge on any atom is -0.493 e. The highest BCUT2D eigenvalue weighted by Crippen LogP contribution is 2.32. The Kier molecular flexibility index (Phi) is 4.85. The van der Waals surface area contributed by atoms with Crippen molar-refractivity contribution in [3.8, 4) is 11.5 Å². The second kappa shape index (κ2) is 6.64. The van der Waals surface area contributed by atoms with Gasteiger partial charge in [-0.1, -0.05) is 0 Å². The fourth-order valence-corrected chi connectivity index (χ4v) is 2.69. The summed E-state index contributed by atoms with van der Waals surface area (Å²) in [5.41, 5.74) is -0.144. The Morgan fingerprint density at radius 2 is 1.95 bits per heavy atom. The first-order valence-corrected chi connectivity index (χ1v) is 6.92. The van der Waals surface area contributed by atoms with Crippen molar-refractivity contribution in [2.24, 2.45) is 0 Å². The number of carboxylic acids is 1. The van der Waals surface area contributed by atoms with Gasteiger partial charge in [0.05, 0.1) is 26.2 Å². The summed E-state index contributed by atoms with van der Waals surface area (Å²) in [6, 6.07) is 1.97. The van der Waals surface area contributed by atoms with Crippen LogP contribution in [0.3, 0.4) is 0 Å². The van der Waals surface area contributed by atoms with Crippen molar-refractivity contribution in [2.45, 2.75) is 25.3 Å². The third-order valence-corrected chi connectivity index (χ3v) is 3.75. The van der Waals surface area contributed by atoms with Crippen molar-refractivity contribution in [3.63, 3.8) is 0 Å². The number of carbonyl (C=O) groups is 2. The molecule has 120 valence electrons. The van der Waals surface area contributed by atoms with E-state index < -0.39 is 23.7 Å². The van der Waals surface area contributed by atoms with Crippen LogP contribution in [0.15, 0.2) is 12.1 Å². The molecule has 1 atom stereocenters. The van der Waals surface area contributed by atoms with Crippen LogP contribution >= 0.6 is 0 Å². The highest BCUT2D eigenvalue weighted by molar-refractivity contribution is 5.95. The maximum Gasteiger partial charge on any atom is 0.305 e. The van der Waals surface area contributed by atoms with Crippen molar-refractivity contribution in [1.82, 2.24) is 4.90 Å². The number of hydrogen-bond donors (Lipinski definition) is 1.